The third-order valence-electron chi connectivity index (χ3n) is 5.48. The number of fused-ring (bicyclic) bond motifs is 1. The van der Waals surface area contributed by atoms with Crippen LogP contribution in [0.15, 0.2) is 65.7 Å². The summed E-state index contributed by atoms with van der Waals surface area (Å²) < 4.78 is 11.9. The first kappa shape index (κ1) is 21.7. The quantitative estimate of drug-likeness (QED) is 0.503. The summed E-state index contributed by atoms with van der Waals surface area (Å²) in [6.45, 7) is 8.57. The highest BCUT2D eigenvalue weighted by Crippen LogP contribution is 2.49. The van der Waals surface area contributed by atoms with E-state index in [1.54, 1.807) is 25.1 Å². The average Bonchev–Trinajstić information content (AvgIpc) is 3.08. The predicted molar refractivity (Wildman–Crippen MR) is 127 cm³/mol. The topological polar surface area (TPSA) is 60.6 Å². The van der Waals surface area contributed by atoms with Crippen molar-refractivity contribution in [1.82, 2.24) is 4.98 Å². The van der Waals surface area contributed by atoms with E-state index in [0.717, 1.165) is 33.1 Å². The molecule has 0 radical (unpaired) electrons. The van der Waals surface area contributed by atoms with Crippen molar-refractivity contribution in [3.8, 4) is 11.6 Å². The fraction of sp³-hybridized carbons (Fsp3) is 0.320. The molecule has 5 nitrogen and oxygen atoms in total. The van der Waals surface area contributed by atoms with Crippen molar-refractivity contribution in [3.05, 3.63) is 71.9 Å². The second kappa shape index (κ2) is 8.54. The van der Waals surface area contributed by atoms with Crippen molar-refractivity contribution >= 4 is 23.1 Å². The molecule has 0 aliphatic carbocycles. The normalized spacial score (nSPS) is 16.8. The smallest absolute Gasteiger partial charge is 0.243 e. The number of ether oxygens (including phenoxy) is 2. The molecular weight excluding hydrogens is 406 g/mol. The molecule has 0 spiro atoms. The van der Waals surface area contributed by atoms with E-state index in [9.17, 15) is 0 Å². The molecule has 3 aromatic rings. The minimum Gasteiger partial charge on any atom is -0.437 e. The van der Waals surface area contributed by atoms with Gasteiger partial charge in [-0.3, -0.25) is 0 Å². The molecule has 0 saturated heterocycles. The number of anilines is 2. The summed E-state index contributed by atoms with van der Waals surface area (Å²) in [5.41, 5.74) is 10.4. The minimum atomic E-state index is -0.271. The van der Waals surface area contributed by atoms with Gasteiger partial charge in [-0.2, -0.15) is 0 Å². The van der Waals surface area contributed by atoms with Gasteiger partial charge < -0.3 is 20.1 Å². The number of thioether (sulfide) groups is 1. The Labute approximate surface area is 188 Å². The van der Waals surface area contributed by atoms with Gasteiger partial charge in [-0.05, 0) is 48.2 Å². The van der Waals surface area contributed by atoms with Gasteiger partial charge >= 0.3 is 0 Å². The molecule has 0 bridgehead atoms. The number of para-hydroxylation sites is 1. The second-order valence-electron chi connectivity index (χ2n) is 8.66. The van der Waals surface area contributed by atoms with Gasteiger partial charge in [-0.1, -0.05) is 56.8 Å². The number of hydrogen-bond donors (Lipinski definition) is 1. The average molecular weight is 436 g/mol. The zero-order chi connectivity index (χ0) is 22.2. The Morgan fingerprint density at radius 2 is 1.84 bits per heavy atom. The van der Waals surface area contributed by atoms with Crippen LogP contribution in [0, 0.1) is 0 Å². The standard InChI is InChI=1S/C25H29N3O2S/c1-16(29-5)17-12-13-19-22(15-17)31-24(26)28(19)20-10-8-14-27-23(20)30-21-11-7-6-9-18(21)25(2,3)4/h6-16,24H,26H2,1-5H3. The van der Waals surface area contributed by atoms with E-state index >= 15 is 0 Å². The molecule has 31 heavy (non-hydrogen) atoms. The van der Waals surface area contributed by atoms with E-state index in [-0.39, 0.29) is 17.0 Å². The Balaban J connectivity index is 1.73. The Hall–Kier alpha value is -2.54. The van der Waals surface area contributed by atoms with Gasteiger partial charge in [-0.15, -0.1) is 0 Å². The molecular formula is C25H29N3O2S. The third kappa shape index (κ3) is 4.28. The number of hydrogen-bond acceptors (Lipinski definition) is 6. The van der Waals surface area contributed by atoms with Crippen molar-refractivity contribution in [3.63, 3.8) is 0 Å². The van der Waals surface area contributed by atoms with Crippen LogP contribution in [0.1, 0.15) is 44.9 Å². The number of pyridine rings is 1. The Bertz CT molecular complexity index is 1080. The Morgan fingerprint density at radius 1 is 1.06 bits per heavy atom. The van der Waals surface area contributed by atoms with E-state index in [1.807, 2.05) is 37.3 Å². The molecule has 0 saturated carbocycles. The number of nitrogens with zero attached hydrogens (tertiary/aromatic N) is 2. The predicted octanol–water partition coefficient (Wildman–Crippen LogP) is 6.36. The van der Waals surface area contributed by atoms with Crippen LogP contribution in [-0.4, -0.2) is 17.6 Å². The molecule has 0 fully saturated rings. The third-order valence-corrected chi connectivity index (χ3v) is 6.51. The number of rotatable bonds is 5. The first-order valence-electron chi connectivity index (χ1n) is 10.4. The van der Waals surface area contributed by atoms with Crippen LogP contribution >= 0.6 is 11.8 Å². The van der Waals surface area contributed by atoms with Crippen LogP contribution < -0.4 is 15.4 Å². The molecule has 162 valence electrons. The fourth-order valence-electron chi connectivity index (χ4n) is 3.72. The lowest BCUT2D eigenvalue weighted by atomic mass is 9.86. The van der Waals surface area contributed by atoms with Crippen LogP contribution in [0.5, 0.6) is 11.6 Å². The molecule has 0 amide bonds. The summed E-state index contributed by atoms with van der Waals surface area (Å²) in [6, 6.07) is 18.4. The Kier molecular flexibility index (Phi) is 5.97. The van der Waals surface area contributed by atoms with Gasteiger partial charge in [0.2, 0.25) is 5.88 Å². The lowest BCUT2D eigenvalue weighted by Gasteiger charge is -2.27. The van der Waals surface area contributed by atoms with Gasteiger partial charge in [0.05, 0.1) is 11.8 Å². The van der Waals surface area contributed by atoms with Crippen LogP contribution in [0.4, 0.5) is 11.4 Å². The summed E-state index contributed by atoms with van der Waals surface area (Å²) >= 11 is 1.62. The molecule has 6 heteroatoms. The largest absolute Gasteiger partial charge is 0.437 e. The van der Waals surface area contributed by atoms with Crippen molar-refractivity contribution in [1.29, 1.82) is 0 Å². The first-order valence-corrected chi connectivity index (χ1v) is 11.3. The van der Waals surface area contributed by atoms with E-state index in [1.165, 1.54) is 0 Å². The van der Waals surface area contributed by atoms with Crippen LogP contribution in [0.3, 0.4) is 0 Å². The second-order valence-corrected chi connectivity index (χ2v) is 9.82. The summed E-state index contributed by atoms with van der Waals surface area (Å²) in [6.07, 6.45) is 1.78. The van der Waals surface area contributed by atoms with E-state index in [2.05, 4.69) is 54.9 Å². The molecule has 1 aliphatic heterocycles. The van der Waals surface area contributed by atoms with Gasteiger partial charge in [0.15, 0.2) is 0 Å². The molecule has 2 unspecified atom stereocenters. The SMILES string of the molecule is COC(C)c1ccc2c(c1)SC(N)N2c1cccnc1Oc1ccccc1C(C)(C)C. The van der Waals surface area contributed by atoms with Gasteiger partial charge in [0.25, 0.3) is 0 Å². The highest BCUT2D eigenvalue weighted by atomic mass is 32.2. The molecule has 2 N–H and O–H groups in total. The van der Waals surface area contributed by atoms with Crippen LogP contribution in [0.2, 0.25) is 0 Å². The minimum absolute atomic E-state index is 0.0300. The van der Waals surface area contributed by atoms with Gasteiger partial charge in [0, 0.05) is 23.8 Å². The first-order chi connectivity index (χ1) is 14.8. The summed E-state index contributed by atoms with van der Waals surface area (Å²) in [7, 11) is 1.72. The maximum absolute atomic E-state index is 6.56. The molecule has 1 aromatic heterocycles. The highest BCUT2D eigenvalue weighted by molar-refractivity contribution is 8.00. The lowest BCUT2D eigenvalue weighted by molar-refractivity contribution is 0.119. The van der Waals surface area contributed by atoms with Crippen LogP contribution in [0.25, 0.3) is 0 Å². The summed E-state index contributed by atoms with van der Waals surface area (Å²) in [5, 5.41) is 0. The summed E-state index contributed by atoms with van der Waals surface area (Å²) in [5.74, 6) is 1.34. The summed E-state index contributed by atoms with van der Waals surface area (Å²) in [4.78, 5) is 7.77. The molecule has 1 aliphatic rings. The lowest BCUT2D eigenvalue weighted by Crippen LogP contribution is -2.32. The molecule has 2 aromatic carbocycles. The molecule has 2 atom stereocenters. The number of nitrogens with two attached hydrogens (primary N) is 1. The highest BCUT2D eigenvalue weighted by Gasteiger charge is 2.32. The van der Waals surface area contributed by atoms with Crippen molar-refractivity contribution in [2.75, 3.05) is 12.0 Å². The monoisotopic (exact) mass is 435 g/mol. The molecule has 2 heterocycles. The zero-order valence-electron chi connectivity index (χ0n) is 18.6. The maximum atomic E-state index is 6.56. The zero-order valence-corrected chi connectivity index (χ0v) is 19.4. The number of aromatic nitrogens is 1. The van der Waals surface area contributed by atoms with Gasteiger partial charge in [0.1, 0.15) is 16.9 Å². The van der Waals surface area contributed by atoms with E-state index < -0.39 is 0 Å². The van der Waals surface area contributed by atoms with Crippen LogP contribution in [-0.2, 0) is 10.2 Å². The Morgan fingerprint density at radius 3 is 2.58 bits per heavy atom. The van der Waals surface area contributed by atoms with Crippen molar-refractivity contribution in [2.45, 2.75) is 49.6 Å². The van der Waals surface area contributed by atoms with E-state index in [4.69, 9.17) is 15.2 Å². The van der Waals surface area contributed by atoms with E-state index in [0.29, 0.717) is 5.88 Å². The number of methoxy groups -OCH3 is 1. The van der Waals surface area contributed by atoms with Gasteiger partial charge in [-0.25, -0.2) is 4.98 Å². The maximum Gasteiger partial charge on any atom is 0.243 e. The van der Waals surface area contributed by atoms with Crippen molar-refractivity contribution in [2.24, 2.45) is 5.73 Å². The molecule has 4 rings (SSSR count). The fourth-order valence-corrected chi connectivity index (χ4v) is 4.81. The van der Waals surface area contributed by atoms with Crippen molar-refractivity contribution < 1.29 is 9.47 Å². The number of benzene rings is 2.